The maximum atomic E-state index is 12.0. The van der Waals surface area contributed by atoms with E-state index in [4.69, 9.17) is 0 Å². The number of rotatable bonds is 5. The third kappa shape index (κ3) is 32.0. The first kappa shape index (κ1) is 36.4. The van der Waals surface area contributed by atoms with Gasteiger partial charge in [-0.15, -0.1) is 0 Å². The lowest BCUT2D eigenvalue weighted by molar-refractivity contribution is 0.000973. The van der Waals surface area contributed by atoms with Crippen LogP contribution in [0.5, 0.6) is 0 Å². The summed E-state index contributed by atoms with van der Waals surface area (Å²) < 4.78 is 23.9. The van der Waals surface area contributed by atoms with E-state index >= 15 is 0 Å². The van der Waals surface area contributed by atoms with Crippen LogP contribution < -0.4 is 0 Å². The van der Waals surface area contributed by atoms with Gasteiger partial charge >= 0.3 is 0 Å². The van der Waals surface area contributed by atoms with Crippen LogP contribution in [0.15, 0.2) is 0 Å². The van der Waals surface area contributed by atoms with E-state index in [-0.39, 0.29) is 18.4 Å². The first-order valence-corrected chi connectivity index (χ1v) is 13.2. The molecule has 0 aromatic heterocycles. The van der Waals surface area contributed by atoms with Crippen LogP contribution in [-0.4, -0.2) is 17.1 Å². The third-order valence-corrected chi connectivity index (χ3v) is 5.80. The molecule has 3 heteroatoms. The molecule has 32 heavy (non-hydrogen) atoms. The molecule has 0 atom stereocenters. The Hall–Kier alpha value is -0.180. The summed E-state index contributed by atoms with van der Waals surface area (Å²) in [6.07, 6.45) is 5.86. The minimum Gasteiger partial charge on any atom is -0.393 e. The molecule has 1 rings (SSSR count). The largest absolute Gasteiger partial charge is 0.393 e. The number of hydrogen-bond donors (Lipinski definition) is 1. The number of aliphatic hydroxyl groups excluding tert-OH is 1. The Morgan fingerprint density at radius 2 is 1.00 bits per heavy atom. The number of aliphatic hydroxyl groups is 1. The lowest BCUT2D eigenvalue weighted by Gasteiger charge is -2.27. The highest BCUT2D eigenvalue weighted by molar-refractivity contribution is 4.73. The maximum absolute atomic E-state index is 12.0. The topological polar surface area (TPSA) is 20.2 Å². The number of alkyl halides is 2. The van der Waals surface area contributed by atoms with Crippen LogP contribution in [0.3, 0.4) is 0 Å². The van der Waals surface area contributed by atoms with Gasteiger partial charge in [0.05, 0.1) is 6.10 Å². The molecular formula is C29H62F2O. The molecule has 0 spiro atoms. The monoisotopic (exact) mass is 464 g/mol. The molecule has 1 fully saturated rings. The van der Waals surface area contributed by atoms with Crippen molar-refractivity contribution in [2.24, 2.45) is 40.9 Å². The van der Waals surface area contributed by atoms with Crippen LogP contribution in [0, 0.1) is 40.9 Å². The van der Waals surface area contributed by atoms with Gasteiger partial charge in [-0.3, -0.25) is 0 Å². The predicted molar refractivity (Wildman–Crippen MR) is 141 cm³/mol. The van der Waals surface area contributed by atoms with Crippen LogP contribution in [0.2, 0.25) is 0 Å². The number of halogens is 2. The Morgan fingerprint density at radius 1 is 0.656 bits per heavy atom. The molecule has 0 aromatic carbocycles. The van der Waals surface area contributed by atoms with E-state index in [1.165, 1.54) is 19.3 Å². The Kier molecular flexibility index (Phi) is 20.7. The van der Waals surface area contributed by atoms with Gasteiger partial charge in [0.1, 0.15) is 0 Å². The van der Waals surface area contributed by atoms with Crippen molar-refractivity contribution in [1.29, 1.82) is 0 Å². The molecule has 1 N–H and O–H groups in total. The first-order chi connectivity index (χ1) is 14.2. The third-order valence-electron chi connectivity index (χ3n) is 5.80. The summed E-state index contributed by atoms with van der Waals surface area (Å²) in [6.45, 7) is 29.4. The molecule has 0 saturated heterocycles. The highest BCUT2D eigenvalue weighted by atomic mass is 19.3. The molecule has 1 saturated carbocycles. The first-order valence-electron chi connectivity index (χ1n) is 13.2. The molecule has 198 valence electrons. The molecule has 0 heterocycles. The van der Waals surface area contributed by atoms with E-state index in [2.05, 4.69) is 76.2 Å². The second-order valence-electron chi connectivity index (χ2n) is 13.1. The highest BCUT2D eigenvalue weighted by Gasteiger charge is 2.22. The standard InChI is InChI=1S/C9H18O.C8H18.C6H12F2.C6H14/c1-7(2)8-3-5-9(10)6-4-8;1-7(2)6-8(3,4)5;1-5(2)4-6(3,7)8;1-5(2)6(3)4/h7-10H,3-6H2,1-2H3;7H,6H2,1-5H3;5H,4H2,1-3H3;5-6H,1-4H3. The fraction of sp³-hybridized carbons (Fsp3) is 1.00. The molecule has 0 aliphatic heterocycles. The summed E-state index contributed by atoms with van der Waals surface area (Å²) in [7, 11) is 0. The smallest absolute Gasteiger partial charge is 0.245 e. The van der Waals surface area contributed by atoms with E-state index in [1.54, 1.807) is 13.8 Å². The van der Waals surface area contributed by atoms with Crippen LogP contribution in [0.25, 0.3) is 0 Å². The average molecular weight is 465 g/mol. The van der Waals surface area contributed by atoms with E-state index in [9.17, 15) is 13.9 Å². The van der Waals surface area contributed by atoms with Crippen molar-refractivity contribution in [2.45, 2.75) is 147 Å². The maximum Gasteiger partial charge on any atom is 0.245 e. The van der Waals surface area contributed by atoms with Crippen molar-refractivity contribution in [3.05, 3.63) is 0 Å². The fourth-order valence-electron chi connectivity index (χ4n) is 3.71. The van der Waals surface area contributed by atoms with Gasteiger partial charge in [-0.05, 0) is 80.0 Å². The normalized spacial score (nSPS) is 19.3. The molecule has 1 aliphatic carbocycles. The van der Waals surface area contributed by atoms with Crippen molar-refractivity contribution >= 4 is 0 Å². The molecule has 1 aliphatic rings. The van der Waals surface area contributed by atoms with Gasteiger partial charge < -0.3 is 5.11 Å². The van der Waals surface area contributed by atoms with Crippen molar-refractivity contribution in [3.63, 3.8) is 0 Å². The lowest BCUT2D eigenvalue weighted by Crippen LogP contribution is -2.21. The molecule has 1 nitrogen and oxygen atoms in total. The van der Waals surface area contributed by atoms with Crippen LogP contribution in [-0.2, 0) is 0 Å². The zero-order chi connectivity index (χ0) is 26.3. The summed E-state index contributed by atoms with van der Waals surface area (Å²) in [4.78, 5) is 0. The summed E-state index contributed by atoms with van der Waals surface area (Å²) in [5, 5.41) is 9.21. The fourth-order valence-corrected chi connectivity index (χ4v) is 3.71. The van der Waals surface area contributed by atoms with E-state index in [0.29, 0.717) is 5.41 Å². The lowest BCUT2D eigenvalue weighted by atomic mass is 9.81. The van der Waals surface area contributed by atoms with Gasteiger partial charge in [-0.2, -0.15) is 0 Å². The molecule has 0 radical (unpaired) electrons. The van der Waals surface area contributed by atoms with Gasteiger partial charge in [0.15, 0.2) is 0 Å². The number of hydrogen-bond acceptors (Lipinski definition) is 1. The van der Waals surface area contributed by atoms with E-state index in [1.807, 2.05) is 0 Å². The molecule has 0 amide bonds. The van der Waals surface area contributed by atoms with Crippen LogP contribution >= 0.6 is 0 Å². The van der Waals surface area contributed by atoms with Crippen LogP contribution in [0.4, 0.5) is 8.78 Å². The van der Waals surface area contributed by atoms with Gasteiger partial charge in [-0.1, -0.05) is 90.0 Å². The summed E-state index contributed by atoms with van der Waals surface area (Å²) in [5.41, 5.74) is 0.522. The van der Waals surface area contributed by atoms with Gasteiger partial charge in [0.25, 0.3) is 0 Å². The summed E-state index contributed by atoms with van der Waals surface area (Å²) in [5.74, 6) is 1.85. The zero-order valence-corrected chi connectivity index (χ0v) is 24.5. The zero-order valence-electron chi connectivity index (χ0n) is 24.5. The minimum absolute atomic E-state index is 0.00694. The van der Waals surface area contributed by atoms with E-state index in [0.717, 1.165) is 49.4 Å². The second-order valence-corrected chi connectivity index (χ2v) is 13.1. The molecule has 0 bridgehead atoms. The SMILES string of the molecule is CC(C)C(C)C.CC(C)C1CCC(O)CC1.CC(C)CC(C)(C)C.CC(C)CC(C)(F)F. The quantitative estimate of drug-likeness (QED) is 0.429. The van der Waals surface area contributed by atoms with Crippen LogP contribution in [0.1, 0.15) is 135 Å². The summed E-state index contributed by atoms with van der Waals surface area (Å²) in [6, 6.07) is 0. The molecule has 0 unspecified atom stereocenters. The predicted octanol–water partition coefficient (Wildman–Crippen LogP) is 10.3. The Labute approximate surface area is 202 Å². The van der Waals surface area contributed by atoms with Crippen molar-refractivity contribution in [2.75, 3.05) is 0 Å². The van der Waals surface area contributed by atoms with E-state index < -0.39 is 5.92 Å². The minimum atomic E-state index is -2.48. The van der Waals surface area contributed by atoms with Crippen molar-refractivity contribution < 1.29 is 13.9 Å². The molecule has 0 aromatic rings. The second kappa shape index (κ2) is 18.2. The Balaban J connectivity index is -0.000000357. The van der Waals surface area contributed by atoms with Gasteiger partial charge in [0.2, 0.25) is 5.92 Å². The summed E-state index contributed by atoms with van der Waals surface area (Å²) >= 11 is 0. The Morgan fingerprint density at radius 3 is 1.12 bits per heavy atom. The van der Waals surface area contributed by atoms with Gasteiger partial charge in [0, 0.05) is 6.42 Å². The van der Waals surface area contributed by atoms with Crippen molar-refractivity contribution in [1.82, 2.24) is 0 Å². The highest BCUT2D eigenvalue weighted by Crippen LogP contribution is 2.29. The van der Waals surface area contributed by atoms with Crippen molar-refractivity contribution in [3.8, 4) is 0 Å². The average Bonchev–Trinajstić information content (AvgIpc) is 2.52. The Bertz CT molecular complexity index is 366. The van der Waals surface area contributed by atoms with Gasteiger partial charge in [-0.25, -0.2) is 8.78 Å². The molecular weight excluding hydrogens is 402 g/mol.